The number of nitrogens with two attached hydrogens (primary N) is 1. The van der Waals surface area contributed by atoms with Crippen LogP contribution in [0.5, 0.6) is 11.5 Å². The summed E-state index contributed by atoms with van der Waals surface area (Å²) in [7, 11) is 3.48. The van der Waals surface area contributed by atoms with E-state index in [1.54, 1.807) is 18.0 Å². The molecule has 0 amide bonds. The normalized spacial score (nSPS) is 18.2. The standard InChI is InChI=1S/C16H22N4O2/c1-20-16(17)13(10-19-20)11-5-6-14(21-2)15(8-11)22-12-4-3-7-18-9-12/h5-6,8,10,12,18H,3-4,7,9,17H2,1-2H3. The predicted octanol–water partition coefficient (Wildman–Crippen LogP) is 1.81. The largest absolute Gasteiger partial charge is 0.493 e. The van der Waals surface area contributed by atoms with Gasteiger partial charge in [-0.15, -0.1) is 0 Å². The van der Waals surface area contributed by atoms with E-state index >= 15 is 0 Å². The highest BCUT2D eigenvalue weighted by Gasteiger charge is 2.18. The molecule has 0 bridgehead atoms. The van der Waals surface area contributed by atoms with E-state index in [0.717, 1.165) is 48.6 Å². The van der Waals surface area contributed by atoms with Gasteiger partial charge in [0.1, 0.15) is 11.9 Å². The third-order valence-electron chi connectivity index (χ3n) is 4.00. The summed E-state index contributed by atoms with van der Waals surface area (Å²) >= 11 is 0. The van der Waals surface area contributed by atoms with Gasteiger partial charge in [0.25, 0.3) is 0 Å². The number of aromatic nitrogens is 2. The zero-order valence-corrected chi connectivity index (χ0v) is 13.0. The zero-order chi connectivity index (χ0) is 15.5. The molecule has 3 rings (SSSR count). The smallest absolute Gasteiger partial charge is 0.162 e. The first-order valence-corrected chi connectivity index (χ1v) is 7.52. The fourth-order valence-electron chi connectivity index (χ4n) is 2.71. The highest BCUT2D eigenvalue weighted by atomic mass is 16.5. The molecule has 1 unspecified atom stereocenters. The summed E-state index contributed by atoms with van der Waals surface area (Å²) in [5, 5.41) is 7.54. The van der Waals surface area contributed by atoms with Crippen molar-refractivity contribution in [3.05, 3.63) is 24.4 Å². The van der Waals surface area contributed by atoms with Gasteiger partial charge < -0.3 is 20.5 Å². The van der Waals surface area contributed by atoms with Crippen LogP contribution in [-0.2, 0) is 7.05 Å². The van der Waals surface area contributed by atoms with Crippen LogP contribution in [0.15, 0.2) is 24.4 Å². The van der Waals surface area contributed by atoms with Crippen molar-refractivity contribution in [1.82, 2.24) is 15.1 Å². The number of ether oxygens (including phenoxy) is 2. The van der Waals surface area contributed by atoms with E-state index in [2.05, 4.69) is 10.4 Å². The van der Waals surface area contributed by atoms with Crippen LogP contribution in [0.2, 0.25) is 0 Å². The van der Waals surface area contributed by atoms with Crippen molar-refractivity contribution < 1.29 is 9.47 Å². The SMILES string of the molecule is COc1ccc(-c2cnn(C)c2N)cc1OC1CCCNC1. The van der Waals surface area contributed by atoms with E-state index in [9.17, 15) is 0 Å². The molecule has 2 heterocycles. The predicted molar refractivity (Wildman–Crippen MR) is 86.1 cm³/mol. The van der Waals surface area contributed by atoms with Gasteiger partial charge >= 0.3 is 0 Å². The van der Waals surface area contributed by atoms with Gasteiger partial charge in [0, 0.05) is 19.2 Å². The first-order chi connectivity index (χ1) is 10.7. The lowest BCUT2D eigenvalue weighted by Crippen LogP contribution is -2.37. The molecule has 0 spiro atoms. The fourth-order valence-corrected chi connectivity index (χ4v) is 2.71. The molecule has 22 heavy (non-hydrogen) atoms. The second kappa shape index (κ2) is 6.27. The van der Waals surface area contributed by atoms with Gasteiger partial charge in [-0.2, -0.15) is 5.10 Å². The van der Waals surface area contributed by atoms with Crippen molar-refractivity contribution in [2.24, 2.45) is 7.05 Å². The van der Waals surface area contributed by atoms with Crippen LogP contribution in [0.25, 0.3) is 11.1 Å². The number of aryl methyl sites for hydroxylation is 1. The van der Waals surface area contributed by atoms with Crippen LogP contribution < -0.4 is 20.5 Å². The Kier molecular flexibility index (Phi) is 4.20. The molecule has 1 aliphatic rings. The van der Waals surface area contributed by atoms with E-state index in [1.165, 1.54) is 0 Å². The second-order valence-electron chi connectivity index (χ2n) is 5.52. The molecule has 6 nitrogen and oxygen atoms in total. The van der Waals surface area contributed by atoms with Crippen molar-refractivity contribution in [3.63, 3.8) is 0 Å². The second-order valence-corrected chi connectivity index (χ2v) is 5.52. The first-order valence-electron chi connectivity index (χ1n) is 7.52. The van der Waals surface area contributed by atoms with Crippen LogP contribution in [0, 0.1) is 0 Å². The first kappa shape index (κ1) is 14.7. The van der Waals surface area contributed by atoms with Gasteiger partial charge in [0.2, 0.25) is 0 Å². The number of hydrogen-bond donors (Lipinski definition) is 2. The molecule has 1 aromatic carbocycles. The number of anilines is 1. The van der Waals surface area contributed by atoms with Crippen LogP contribution in [0.3, 0.4) is 0 Å². The lowest BCUT2D eigenvalue weighted by molar-refractivity contribution is 0.161. The van der Waals surface area contributed by atoms with E-state index < -0.39 is 0 Å². The number of hydrogen-bond acceptors (Lipinski definition) is 5. The number of rotatable bonds is 4. The molecule has 0 radical (unpaired) electrons. The zero-order valence-electron chi connectivity index (χ0n) is 13.0. The molecule has 0 aliphatic carbocycles. The summed E-state index contributed by atoms with van der Waals surface area (Å²) in [6.07, 6.45) is 4.12. The molecular weight excluding hydrogens is 280 g/mol. The molecule has 2 aromatic rings. The molecule has 1 saturated heterocycles. The Morgan fingerprint density at radius 3 is 2.86 bits per heavy atom. The molecule has 1 aromatic heterocycles. The minimum absolute atomic E-state index is 0.171. The van der Waals surface area contributed by atoms with E-state index in [4.69, 9.17) is 15.2 Å². The average molecular weight is 302 g/mol. The van der Waals surface area contributed by atoms with E-state index in [1.807, 2.05) is 25.2 Å². The summed E-state index contributed by atoms with van der Waals surface area (Å²) in [4.78, 5) is 0. The lowest BCUT2D eigenvalue weighted by Gasteiger charge is -2.25. The Hall–Kier alpha value is -2.21. The third kappa shape index (κ3) is 2.87. The van der Waals surface area contributed by atoms with Crippen LogP contribution >= 0.6 is 0 Å². The van der Waals surface area contributed by atoms with Gasteiger partial charge in [0.05, 0.1) is 13.3 Å². The monoisotopic (exact) mass is 302 g/mol. The quantitative estimate of drug-likeness (QED) is 0.901. The number of nitrogen functional groups attached to an aromatic ring is 1. The van der Waals surface area contributed by atoms with Gasteiger partial charge in [0.15, 0.2) is 11.5 Å². The van der Waals surface area contributed by atoms with Crippen LogP contribution in [0.4, 0.5) is 5.82 Å². The molecule has 1 fully saturated rings. The van der Waals surface area contributed by atoms with Crippen LogP contribution in [0.1, 0.15) is 12.8 Å². The maximum atomic E-state index is 6.13. The highest BCUT2D eigenvalue weighted by molar-refractivity contribution is 5.75. The Labute approximate surface area is 130 Å². The molecular formula is C16H22N4O2. The summed E-state index contributed by atoms with van der Waals surface area (Å²) in [6.45, 7) is 1.92. The van der Waals surface area contributed by atoms with Crippen molar-refractivity contribution in [2.45, 2.75) is 18.9 Å². The molecule has 1 atom stereocenters. The maximum absolute atomic E-state index is 6.13. The molecule has 6 heteroatoms. The van der Waals surface area contributed by atoms with Crippen molar-refractivity contribution in [1.29, 1.82) is 0 Å². The van der Waals surface area contributed by atoms with Gasteiger partial charge in [-0.3, -0.25) is 4.68 Å². The van der Waals surface area contributed by atoms with Crippen LogP contribution in [-0.4, -0.2) is 36.1 Å². The third-order valence-corrected chi connectivity index (χ3v) is 4.00. The fraction of sp³-hybridized carbons (Fsp3) is 0.438. The molecule has 0 saturated carbocycles. The van der Waals surface area contributed by atoms with E-state index in [-0.39, 0.29) is 6.10 Å². The minimum Gasteiger partial charge on any atom is -0.493 e. The lowest BCUT2D eigenvalue weighted by atomic mass is 10.1. The Balaban J connectivity index is 1.90. The number of piperidine rings is 1. The molecule has 3 N–H and O–H groups in total. The molecule has 118 valence electrons. The summed E-state index contributed by atoms with van der Waals surface area (Å²) in [5.41, 5.74) is 7.93. The van der Waals surface area contributed by atoms with Gasteiger partial charge in [-0.25, -0.2) is 0 Å². The minimum atomic E-state index is 0.171. The Morgan fingerprint density at radius 1 is 1.36 bits per heavy atom. The Morgan fingerprint density at radius 2 is 2.23 bits per heavy atom. The summed E-state index contributed by atoms with van der Waals surface area (Å²) in [5.74, 6) is 2.11. The van der Waals surface area contributed by atoms with Crippen molar-refractivity contribution in [2.75, 3.05) is 25.9 Å². The van der Waals surface area contributed by atoms with E-state index in [0.29, 0.717) is 5.82 Å². The van der Waals surface area contributed by atoms with Gasteiger partial charge in [-0.1, -0.05) is 6.07 Å². The number of benzene rings is 1. The average Bonchev–Trinajstić information content (AvgIpc) is 2.88. The summed E-state index contributed by atoms with van der Waals surface area (Å²) < 4.78 is 13.2. The van der Waals surface area contributed by atoms with Crippen molar-refractivity contribution >= 4 is 5.82 Å². The van der Waals surface area contributed by atoms with Gasteiger partial charge in [-0.05, 0) is 37.1 Å². The number of nitrogens with zero attached hydrogens (tertiary/aromatic N) is 2. The van der Waals surface area contributed by atoms with Crippen molar-refractivity contribution in [3.8, 4) is 22.6 Å². The number of nitrogens with one attached hydrogen (secondary N) is 1. The maximum Gasteiger partial charge on any atom is 0.162 e. The highest BCUT2D eigenvalue weighted by Crippen LogP contribution is 2.35. The molecule has 1 aliphatic heterocycles. The summed E-state index contributed by atoms with van der Waals surface area (Å²) in [6, 6.07) is 5.85. The Bertz CT molecular complexity index is 648. The topological polar surface area (TPSA) is 74.3 Å². The number of methoxy groups -OCH3 is 1.